The van der Waals surface area contributed by atoms with Crippen LogP contribution in [0, 0.1) is 40.9 Å². The molecule has 148 valence electrons. The van der Waals surface area contributed by atoms with Gasteiger partial charge in [0.25, 0.3) is 0 Å². The van der Waals surface area contributed by atoms with Gasteiger partial charge in [-0.15, -0.1) is 0 Å². The summed E-state index contributed by atoms with van der Waals surface area (Å²) in [5, 5.41) is 11.0. The summed E-state index contributed by atoms with van der Waals surface area (Å²) in [6.07, 6.45) is 14.5. The van der Waals surface area contributed by atoms with E-state index < -0.39 is 0 Å². The van der Waals surface area contributed by atoms with E-state index in [0.29, 0.717) is 11.7 Å². The molecule has 2 heteroatoms. The number of hydrogen-bond acceptors (Lipinski definition) is 2. The highest BCUT2D eigenvalue weighted by molar-refractivity contribution is 5.79. The van der Waals surface area contributed by atoms with Crippen molar-refractivity contribution >= 4 is 5.78 Å². The van der Waals surface area contributed by atoms with E-state index in [0.717, 1.165) is 61.7 Å². The normalized spacial score (nSPS) is 51.1. The molecule has 4 fully saturated rings. The minimum atomic E-state index is -0.365. The largest absolute Gasteiger partial charge is 0.390 e. The smallest absolute Gasteiger partial charge is 0.133 e. The maximum Gasteiger partial charge on any atom is 0.133 e. The molecule has 0 spiro atoms. The van der Waals surface area contributed by atoms with Crippen LogP contribution in [0.4, 0.5) is 0 Å². The Morgan fingerprint density at radius 2 is 1.77 bits per heavy atom. The van der Waals surface area contributed by atoms with Gasteiger partial charge in [-0.2, -0.15) is 0 Å². The zero-order valence-corrected chi connectivity index (χ0v) is 17.3. The lowest BCUT2D eigenvalue weighted by Crippen LogP contribution is -2.54. The number of hydrogen-bond donors (Lipinski definition) is 1. The Balaban J connectivity index is 1.52. The van der Waals surface area contributed by atoms with Crippen molar-refractivity contribution in [2.45, 2.75) is 103 Å². The lowest BCUT2D eigenvalue weighted by Gasteiger charge is -2.60. The van der Waals surface area contributed by atoms with Gasteiger partial charge < -0.3 is 5.11 Å². The van der Waals surface area contributed by atoms with Crippen molar-refractivity contribution < 1.29 is 9.90 Å². The Labute approximate surface area is 160 Å². The highest BCUT2D eigenvalue weighted by atomic mass is 16.3. The van der Waals surface area contributed by atoms with E-state index in [4.69, 9.17) is 0 Å². The molecule has 0 aliphatic heterocycles. The molecule has 26 heavy (non-hydrogen) atoms. The van der Waals surface area contributed by atoms with Gasteiger partial charge >= 0.3 is 0 Å². The predicted octanol–water partition coefficient (Wildman–Crippen LogP) is 5.77. The van der Waals surface area contributed by atoms with Crippen molar-refractivity contribution in [2.24, 2.45) is 40.9 Å². The van der Waals surface area contributed by atoms with Gasteiger partial charge in [-0.25, -0.2) is 0 Å². The van der Waals surface area contributed by atoms with Crippen LogP contribution in [-0.4, -0.2) is 16.5 Å². The third kappa shape index (κ3) is 2.99. The summed E-state index contributed by atoms with van der Waals surface area (Å²) in [6, 6.07) is 0. The summed E-state index contributed by atoms with van der Waals surface area (Å²) in [6.45, 7) is 6.51. The van der Waals surface area contributed by atoms with Crippen molar-refractivity contribution in [3.05, 3.63) is 0 Å². The number of carbonyl (C=O) groups excluding carboxylic acids is 1. The molecule has 4 aliphatic carbocycles. The van der Waals surface area contributed by atoms with Crippen LogP contribution in [0.5, 0.6) is 0 Å². The monoisotopic (exact) mass is 360 g/mol. The van der Waals surface area contributed by atoms with E-state index in [-0.39, 0.29) is 11.0 Å². The second-order valence-electron chi connectivity index (χ2n) is 10.8. The molecule has 4 saturated carbocycles. The number of aliphatic hydroxyl groups is 1. The average Bonchev–Trinajstić information content (AvgIpc) is 2.59. The Bertz CT molecular complexity index is 542. The summed E-state index contributed by atoms with van der Waals surface area (Å²) in [5.41, 5.74) is -0.0911. The van der Waals surface area contributed by atoms with Crippen LogP contribution in [0.1, 0.15) is 97.8 Å². The van der Waals surface area contributed by atoms with Crippen LogP contribution in [0.25, 0.3) is 0 Å². The van der Waals surface area contributed by atoms with Crippen LogP contribution in [0.3, 0.4) is 0 Å². The van der Waals surface area contributed by atoms with Gasteiger partial charge in [-0.3, -0.25) is 4.79 Å². The number of carbonyl (C=O) groups is 1. The number of rotatable bonds is 3. The van der Waals surface area contributed by atoms with Crippen molar-refractivity contribution in [2.75, 3.05) is 0 Å². The number of ketones is 1. The molecular weight excluding hydrogens is 320 g/mol. The lowest BCUT2D eigenvalue weighted by molar-refractivity contribution is -0.147. The lowest BCUT2D eigenvalue weighted by atomic mass is 9.44. The molecule has 1 N–H and O–H groups in total. The molecule has 2 nitrogen and oxygen atoms in total. The predicted molar refractivity (Wildman–Crippen MR) is 106 cm³/mol. The zero-order chi connectivity index (χ0) is 18.5. The van der Waals surface area contributed by atoms with Crippen molar-refractivity contribution in [3.63, 3.8) is 0 Å². The van der Waals surface area contributed by atoms with E-state index in [1.165, 1.54) is 44.9 Å². The zero-order valence-electron chi connectivity index (χ0n) is 17.3. The summed E-state index contributed by atoms with van der Waals surface area (Å²) < 4.78 is 0. The van der Waals surface area contributed by atoms with E-state index in [1.807, 2.05) is 6.92 Å². The molecule has 0 amide bonds. The summed E-state index contributed by atoms with van der Waals surface area (Å²) in [5.74, 6) is 4.90. The van der Waals surface area contributed by atoms with Crippen molar-refractivity contribution in [1.29, 1.82) is 0 Å². The Hall–Kier alpha value is -0.370. The van der Waals surface area contributed by atoms with Gasteiger partial charge in [0.05, 0.1) is 5.60 Å². The Morgan fingerprint density at radius 1 is 1.00 bits per heavy atom. The first kappa shape index (κ1) is 19.0. The van der Waals surface area contributed by atoms with E-state index in [1.54, 1.807) is 0 Å². The third-order valence-electron chi connectivity index (χ3n) is 9.55. The highest BCUT2D eigenvalue weighted by Crippen LogP contribution is 2.63. The second-order valence-corrected chi connectivity index (χ2v) is 10.8. The van der Waals surface area contributed by atoms with Crippen LogP contribution in [0.2, 0.25) is 0 Å². The molecule has 8 atom stereocenters. The number of fused-ring (bicyclic) bond motifs is 5. The molecular formula is C24H40O2. The molecule has 4 aliphatic rings. The van der Waals surface area contributed by atoms with Crippen LogP contribution < -0.4 is 0 Å². The Kier molecular flexibility index (Phi) is 5.04. The fourth-order valence-corrected chi connectivity index (χ4v) is 8.52. The number of Topliss-reactive ketones (excluding diaryl/α,β-unsaturated/α-hetero) is 1. The molecule has 0 aromatic rings. The van der Waals surface area contributed by atoms with Crippen molar-refractivity contribution in [3.8, 4) is 0 Å². The molecule has 0 heterocycles. The first-order valence-electron chi connectivity index (χ1n) is 11.6. The van der Waals surface area contributed by atoms with Gasteiger partial charge in [0.15, 0.2) is 0 Å². The standard InChI is InChI=1S/C24H40O2/c1-4-12-24(26)14-11-18-17(15-24)8-9-20-19(18)10-13-23(3)21(16(2)25)6-5-7-22(20)23/h17-22,26H,4-15H2,1-3H3/t17-,18+,19-,20-,21-,22+,23-,24-/m1/s1. The van der Waals surface area contributed by atoms with Crippen LogP contribution in [-0.2, 0) is 4.79 Å². The first-order valence-corrected chi connectivity index (χ1v) is 11.6. The molecule has 4 rings (SSSR count). The second kappa shape index (κ2) is 6.90. The summed E-state index contributed by atoms with van der Waals surface area (Å²) in [7, 11) is 0. The van der Waals surface area contributed by atoms with Crippen molar-refractivity contribution in [1.82, 2.24) is 0 Å². The quantitative estimate of drug-likeness (QED) is 0.694. The maximum absolute atomic E-state index is 12.4. The van der Waals surface area contributed by atoms with Gasteiger partial charge in [0.2, 0.25) is 0 Å². The van der Waals surface area contributed by atoms with E-state index in [9.17, 15) is 9.90 Å². The van der Waals surface area contributed by atoms with E-state index >= 15 is 0 Å². The fraction of sp³-hybridized carbons (Fsp3) is 0.958. The highest BCUT2D eigenvalue weighted by Gasteiger charge is 2.56. The summed E-state index contributed by atoms with van der Waals surface area (Å²) in [4.78, 5) is 12.4. The minimum absolute atomic E-state index is 0.274. The van der Waals surface area contributed by atoms with E-state index in [2.05, 4.69) is 13.8 Å². The van der Waals surface area contributed by atoms with Gasteiger partial charge in [0.1, 0.15) is 5.78 Å². The fourth-order valence-electron chi connectivity index (χ4n) is 8.52. The third-order valence-corrected chi connectivity index (χ3v) is 9.55. The average molecular weight is 361 g/mol. The minimum Gasteiger partial charge on any atom is -0.390 e. The molecule has 0 unspecified atom stereocenters. The van der Waals surface area contributed by atoms with Crippen LogP contribution >= 0.6 is 0 Å². The SMILES string of the molecule is CCC[C@@]1(O)CC[C@H]2[C@H](CC[C@@H]3[C@@H]2CC[C@]2(C)[C@@H](C(C)=O)CCC[C@@H]32)C1. The topological polar surface area (TPSA) is 37.3 Å². The molecule has 0 saturated heterocycles. The Morgan fingerprint density at radius 3 is 2.50 bits per heavy atom. The van der Waals surface area contributed by atoms with Gasteiger partial charge in [-0.1, -0.05) is 26.7 Å². The summed E-state index contributed by atoms with van der Waals surface area (Å²) >= 11 is 0. The van der Waals surface area contributed by atoms with Gasteiger partial charge in [0, 0.05) is 5.92 Å². The first-order chi connectivity index (χ1) is 12.4. The molecule has 0 aromatic carbocycles. The van der Waals surface area contributed by atoms with Gasteiger partial charge in [-0.05, 0) is 106 Å². The molecule has 0 aromatic heterocycles. The maximum atomic E-state index is 12.4. The molecule has 0 bridgehead atoms. The van der Waals surface area contributed by atoms with Crippen LogP contribution in [0.15, 0.2) is 0 Å². The molecule has 0 radical (unpaired) electrons.